The number of nitrogens with zero attached hydrogens (tertiary/aromatic N) is 2. The van der Waals surface area contributed by atoms with Gasteiger partial charge in [-0.05, 0) is 32.0 Å². The van der Waals surface area contributed by atoms with Gasteiger partial charge in [-0.2, -0.15) is 0 Å². The van der Waals surface area contributed by atoms with Crippen molar-refractivity contribution < 1.29 is 9.59 Å². The Kier molecular flexibility index (Phi) is 6.28. The molecule has 0 aliphatic rings. The lowest BCUT2D eigenvalue weighted by Crippen LogP contribution is -2.41. The second-order valence-electron chi connectivity index (χ2n) is 6.09. The zero-order valence-corrected chi connectivity index (χ0v) is 17.3. The highest BCUT2D eigenvalue weighted by atomic mass is 35.5. The van der Waals surface area contributed by atoms with E-state index in [9.17, 15) is 9.59 Å². The standard InChI is InChI=1S/C19H16Cl2N4O2S/c1-10-3-5-12(6-4-10)18-24-25-19(28-18)23-16(26)11(2)22-17(27)14-8-7-13(20)9-15(14)21/h3-9,11H,1-2H3,(H,22,27)(H,23,25,26). The molecule has 2 aromatic carbocycles. The van der Waals surface area contributed by atoms with Crippen molar-refractivity contribution >= 4 is 51.5 Å². The lowest BCUT2D eigenvalue weighted by molar-refractivity contribution is -0.117. The van der Waals surface area contributed by atoms with Crippen molar-refractivity contribution in [1.29, 1.82) is 0 Å². The molecule has 0 aliphatic carbocycles. The number of anilines is 1. The first kappa shape index (κ1) is 20.3. The Hall–Kier alpha value is -2.48. The zero-order chi connectivity index (χ0) is 20.3. The molecular weight excluding hydrogens is 419 g/mol. The van der Waals surface area contributed by atoms with E-state index in [1.165, 1.54) is 23.5 Å². The van der Waals surface area contributed by atoms with Gasteiger partial charge in [0, 0.05) is 10.6 Å². The average Bonchev–Trinajstić information content (AvgIpc) is 3.10. The molecule has 6 nitrogen and oxygen atoms in total. The molecule has 1 unspecified atom stereocenters. The van der Waals surface area contributed by atoms with Gasteiger partial charge in [0.15, 0.2) is 0 Å². The predicted molar refractivity (Wildman–Crippen MR) is 112 cm³/mol. The highest BCUT2D eigenvalue weighted by molar-refractivity contribution is 7.18. The van der Waals surface area contributed by atoms with Crippen LogP contribution in [0.5, 0.6) is 0 Å². The van der Waals surface area contributed by atoms with Crippen molar-refractivity contribution in [2.75, 3.05) is 5.32 Å². The third-order valence-corrected chi connectivity index (χ3v) is 5.31. The second kappa shape index (κ2) is 8.68. The molecule has 0 saturated heterocycles. The van der Waals surface area contributed by atoms with Crippen molar-refractivity contribution in [3.8, 4) is 10.6 Å². The lowest BCUT2D eigenvalue weighted by atomic mass is 10.2. The van der Waals surface area contributed by atoms with Crippen LogP contribution in [-0.4, -0.2) is 28.1 Å². The molecule has 3 aromatic rings. The van der Waals surface area contributed by atoms with E-state index in [2.05, 4.69) is 20.8 Å². The van der Waals surface area contributed by atoms with Gasteiger partial charge < -0.3 is 5.32 Å². The number of aromatic nitrogens is 2. The van der Waals surface area contributed by atoms with Gasteiger partial charge in [-0.25, -0.2) is 0 Å². The van der Waals surface area contributed by atoms with Crippen LogP contribution in [0, 0.1) is 6.92 Å². The fourth-order valence-electron chi connectivity index (χ4n) is 2.31. The first-order valence-corrected chi connectivity index (χ1v) is 9.88. The topological polar surface area (TPSA) is 84.0 Å². The molecule has 0 saturated carbocycles. The molecule has 0 fully saturated rings. The molecule has 1 atom stereocenters. The lowest BCUT2D eigenvalue weighted by Gasteiger charge is -2.13. The normalized spacial score (nSPS) is 11.7. The van der Waals surface area contributed by atoms with Crippen molar-refractivity contribution in [3.63, 3.8) is 0 Å². The first-order valence-electron chi connectivity index (χ1n) is 8.31. The fraction of sp³-hybridized carbons (Fsp3) is 0.158. The van der Waals surface area contributed by atoms with Gasteiger partial charge in [-0.1, -0.05) is 64.4 Å². The summed E-state index contributed by atoms with van der Waals surface area (Å²) in [7, 11) is 0. The minimum atomic E-state index is -0.800. The number of benzene rings is 2. The average molecular weight is 435 g/mol. The largest absolute Gasteiger partial charge is 0.340 e. The summed E-state index contributed by atoms with van der Waals surface area (Å²) in [4.78, 5) is 24.7. The van der Waals surface area contributed by atoms with Crippen LogP contribution in [0.15, 0.2) is 42.5 Å². The van der Waals surface area contributed by atoms with Crippen LogP contribution in [0.25, 0.3) is 10.6 Å². The van der Waals surface area contributed by atoms with E-state index in [0.29, 0.717) is 15.2 Å². The minimum Gasteiger partial charge on any atom is -0.340 e. The molecule has 28 heavy (non-hydrogen) atoms. The highest BCUT2D eigenvalue weighted by Gasteiger charge is 2.20. The van der Waals surface area contributed by atoms with Gasteiger partial charge in [-0.3, -0.25) is 14.9 Å². The van der Waals surface area contributed by atoms with Crippen molar-refractivity contribution in [1.82, 2.24) is 15.5 Å². The molecule has 3 rings (SSSR count). The van der Waals surface area contributed by atoms with Gasteiger partial charge in [0.25, 0.3) is 5.91 Å². The number of carbonyl (C=O) groups excluding carboxylic acids is 2. The molecule has 0 radical (unpaired) electrons. The summed E-state index contributed by atoms with van der Waals surface area (Å²) in [5.74, 6) is -0.882. The van der Waals surface area contributed by atoms with Crippen LogP contribution in [0.4, 0.5) is 5.13 Å². The van der Waals surface area contributed by atoms with Crippen LogP contribution in [0.2, 0.25) is 10.0 Å². The predicted octanol–water partition coefficient (Wildman–Crippen LogP) is 4.58. The van der Waals surface area contributed by atoms with E-state index in [4.69, 9.17) is 23.2 Å². The van der Waals surface area contributed by atoms with Crippen LogP contribution >= 0.6 is 34.5 Å². The molecule has 2 N–H and O–H groups in total. The quantitative estimate of drug-likeness (QED) is 0.615. The van der Waals surface area contributed by atoms with E-state index < -0.39 is 17.9 Å². The number of aryl methyl sites for hydroxylation is 1. The van der Waals surface area contributed by atoms with Crippen LogP contribution < -0.4 is 10.6 Å². The van der Waals surface area contributed by atoms with Gasteiger partial charge in [0.05, 0.1) is 10.6 Å². The fourth-order valence-corrected chi connectivity index (χ4v) is 3.56. The highest BCUT2D eigenvalue weighted by Crippen LogP contribution is 2.26. The Morgan fingerprint density at radius 1 is 1.07 bits per heavy atom. The summed E-state index contributed by atoms with van der Waals surface area (Å²) in [6, 6.07) is 11.6. The summed E-state index contributed by atoms with van der Waals surface area (Å²) >= 11 is 13.1. The Bertz CT molecular complexity index is 1020. The van der Waals surface area contributed by atoms with Crippen molar-refractivity contribution in [2.24, 2.45) is 0 Å². The van der Waals surface area contributed by atoms with Crippen LogP contribution in [0.1, 0.15) is 22.8 Å². The van der Waals surface area contributed by atoms with Crippen molar-refractivity contribution in [2.45, 2.75) is 19.9 Å². The number of nitrogens with one attached hydrogen (secondary N) is 2. The molecule has 144 valence electrons. The Morgan fingerprint density at radius 2 is 1.79 bits per heavy atom. The Balaban J connectivity index is 1.63. The molecular formula is C19H16Cl2N4O2S. The maximum Gasteiger partial charge on any atom is 0.253 e. The van der Waals surface area contributed by atoms with E-state index in [1.807, 2.05) is 31.2 Å². The van der Waals surface area contributed by atoms with Crippen molar-refractivity contribution in [3.05, 3.63) is 63.6 Å². The summed E-state index contributed by atoms with van der Waals surface area (Å²) in [5.41, 5.74) is 2.30. The number of carbonyl (C=O) groups is 2. The summed E-state index contributed by atoms with van der Waals surface area (Å²) in [5, 5.41) is 15.0. The van der Waals surface area contributed by atoms with Gasteiger partial charge in [-0.15, -0.1) is 10.2 Å². The Morgan fingerprint density at radius 3 is 2.46 bits per heavy atom. The molecule has 0 bridgehead atoms. The number of hydrogen-bond acceptors (Lipinski definition) is 5. The van der Waals surface area contributed by atoms with Crippen LogP contribution in [-0.2, 0) is 4.79 Å². The third kappa shape index (κ3) is 4.86. The van der Waals surface area contributed by atoms with Gasteiger partial charge in [0.1, 0.15) is 11.0 Å². The molecule has 1 heterocycles. The van der Waals surface area contributed by atoms with Gasteiger partial charge >= 0.3 is 0 Å². The smallest absolute Gasteiger partial charge is 0.253 e. The molecule has 2 amide bonds. The molecule has 0 aliphatic heterocycles. The van der Waals surface area contributed by atoms with Crippen LogP contribution in [0.3, 0.4) is 0 Å². The number of amides is 2. The third-order valence-electron chi connectivity index (χ3n) is 3.87. The number of halogens is 2. The second-order valence-corrected chi connectivity index (χ2v) is 7.91. The molecule has 0 spiro atoms. The maximum absolute atomic E-state index is 12.4. The van der Waals surface area contributed by atoms with E-state index in [-0.39, 0.29) is 10.6 Å². The van der Waals surface area contributed by atoms with E-state index >= 15 is 0 Å². The summed E-state index contributed by atoms with van der Waals surface area (Å²) < 4.78 is 0. The monoisotopic (exact) mass is 434 g/mol. The summed E-state index contributed by atoms with van der Waals surface area (Å²) in [6.45, 7) is 3.57. The summed E-state index contributed by atoms with van der Waals surface area (Å²) in [6.07, 6.45) is 0. The zero-order valence-electron chi connectivity index (χ0n) is 15.0. The number of rotatable bonds is 5. The maximum atomic E-state index is 12.4. The minimum absolute atomic E-state index is 0.212. The number of hydrogen-bond donors (Lipinski definition) is 2. The van der Waals surface area contributed by atoms with Gasteiger partial charge in [0.2, 0.25) is 11.0 Å². The molecule has 1 aromatic heterocycles. The van der Waals surface area contributed by atoms with E-state index in [1.54, 1.807) is 13.0 Å². The molecule has 9 heteroatoms. The first-order chi connectivity index (χ1) is 13.3. The SMILES string of the molecule is Cc1ccc(-c2nnc(NC(=O)C(C)NC(=O)c3ccc(Cl)cc3Cl)s2)cc1. The van der Waals surface area contributed by atoms with E-state index in [0.717, 1.165) is 11.1 Å². The Labute approximate surface area is 175 Å².